The lowest BCUT2D eigenvalue weighted by atomic mass is 9.93. The Morgan fingerprint density at radius 1 is 1.13 bits per heavy atom. The fourth-order valence-corrected chi connectivity index (χ4v) is 3.48. The van der Waals surface area contributed by atoms with Crippen LogP contribution < -0.4 is 4.74 Å². The van der Waals surface area contributed by atoms with Gasteiger partial charge in [-0.1, -0.05) is 18.2 Å². The number of nitrogens with zero attached hydrogens (tertiary/aromatic N) is 2. The van der Waals surface area contributed by atoms with Gasteiger partial charge in [0.25, 0.3) is 0 Å². The number of nitrogens with one attached hydrogen (secondary N) is 1. The number of aromatic amines is 1. The van der Waals surface area contributed by atoms with Crippen molar-refractivity contribution >= 4 is 11.9 Å². The summed E-state index contributed by atoms with van der Waals surface area (Å²) in [6, 6.07) is 11.4. The second-order valence-electron chi connectivity index (χ2n) is 7.00. The fourth-order valence-electron chi connectivity index (χ4n) is 3.48. The molecule has 0 atom stereocenters. The maximum atomic E-state index is 12.1. The van der Waals surface area contributed by atoms with Crippen molar-refractivity contribution in [1.82, 2.24) is 15.1 Å². The van der Waals surface area contributed by atoms with E-state index in [0.29, 0.717) is 24.4 Å². The number of aromatic nitrogens is 2. The van der Waals surface area contributed by atoms with E-state index in [1.165, 1.54) is 0 Å². The van der Waals surface area contributed by atoms with Gasteiger partial charge in [0.15, 0.2) is 0 Å². The molecule has 0 aliphatic carbocycles. The molecule has 0 spiro atoms. The zero-order valence-electron chi connectivity index (χ0n) is 17.3. The van der Waals surface area contributed by atoms with Crippen LogP contribution in [0.3, 0.4) is 0 Å². The Morgan fingerprint density at radius 2 is 1.93 bits per heavy atom. The van der Waals surface area contributed by atoms with Crippen molar-refractivity contribution in [1.29, 1.82) is 0 Å². The highest BCUT2D eigenvalue weighted by atomic mass is 16.5. The molecule has 3 rings (SSSR count). The zero-order valence-corrected chi connectivity index (χ0v) is 17.3. The van der Waals surface area contributed by atoms with Crippen LogP contribution in [0.4, 0.5) is 0 Å². The summed E-state index contributed by atoms with van der Waals surface area (Å²) in [7, 11) is 1.59. The Kier molecular flexibility index (Phi) is 6.51. The van der Waals surface area contributed by atoms with Crippen LogP contribution in [-0.2, 0) is 22.6 Å². The molecule has 3 aromatic rings. The van der Waals surface area contributed by atoms with Gasteiger partial charge in [-0.15, -0.1) is 0 Å². The molecule has 1 heterocycles. The van der Waals surface area contributed by atoms with E-state index >= 15 is 0 Å². The van der Waals surface area contributed by atoms with Gasteiger partial charge in [-0.2, -0.15) is 5.10 Å². The minimum Gasteiger partial charge on any atom is -0.496 e. The standard InChI is InChI=1S/C23H25N3O4/c1-4-26(15(2)27)14-18-11-17(19-12-24-25-13-19)6-7-20(18)21-9-16(10-23(28)29)5-8-22(21)30-3/h5-9,11-13H,4,10,14H2,1-3H3,(H,24,25)(H,28,29). The van der Waals surface area contributed by atoms with Crippen molar-refractivity contribution in [2.24, 2.45) is 0 Å². The normalized spacial score (nSPS) is 10.6. The van der Waals surface area contributed by atoms with Gasteiger partial charge in [0.05, 0.1) is 19.7 Å². The van der Waals surface area contributed by atoms with Gasteiger partial charge in [0.2, 0.25) is 5.91 Å². The maximum absolute atomic E-state index is 12.1. The average molecular weight is 407 g/mol. The number of hydrogen-bond acceptors (Lipinski definition) is 4. The quantitative estimate of drug-likeness (QED) is 0.593. The molecule has 0 fully saturated rings. The average Bonchev–Trinajstić information content (AvgIpc) is 3.26. The van der Waals surface area contributed by atoms with Crippen LogP contribution in [0.1, 0.15) is 25.0 Å². The van der Waals surface area contributed by atoms with Crippen LogP contribution in [0, 0.1) is 0 Å². The van der Waals surface area contributed by atoms with Gasteiger partial charge >= 0.3 is 5.97 Å². The second-order valence-corrected chi connectivity index (χ2v) is 7.00. The summed E-state index contributed by atoms with van der Waals surface area (Å²) in [5.41, 5.74) is 5.23. The molecule has 30 heavy (non-hydrogen) atoms. The van der Waals surface area contributed by atoms with Gasteiger partial charge in [-0.05, 0) is 47.4 Å². The number of hydrogen-bond donors (Lipinski definition) is 2. The van der Waals surface area contributed by atoms with Crippen molar-refractivity contribution in [3.63, 3.8) is 0 Å². The number of aliphatic carboxylic acids is 1. The molecular weight excluding hydrogens is 382 g/mol. The number of carboxylic acids is 1. The monoisotopic (exact) mass is 407 g/mol. The third kappa shape index (κ3) is 4.68. The lowest BCUT2D eigenvalue weighted by molar-refractivity contribution is -0.136. The van der Waals surface area contributed by atoms with Gasteiger partial charge in [-0.3, -0.25) is 14.7 Å². The molecule has 7 heteroatoms. The number of rotatable bonds is 8. The van der Waals surface area contributed by atoms with Gasteiger partial charge < -0.3 is 14.7 Å². The predicted molar refractivity (Wildman–Crippen MR) is 114 cm³/mol. The first-order valence-electron chi connectivity index (χ1n) is 9.69. The van der Waals surface area contributed by atoms with Crippen molar-refractivity contribution in [2.75, 3.05) is 13.7 Å². The van der Waals surface area contributed by atoms with Crippen molar-refractivity contribution < 1.29 is 19.4 Å². The first kappa shape index (κ1) is 21.1. The number of benzene rings is 2. The molecule has 0 aliphatic heterocycles. The van der Waals surface area contributed by atoms with Crippen LogP contribution in [-0.4, -0.2) is 45.7 Å². The SMILES string of the molecule is CCN(Cc1cc(-c2cn[nH]c2)ccc1-c1cc(CC(=O)O)ccc1OC)C(C)=O. The molecule has 2 N–H and O–H groups in total. The van der Waals surface area contributed by atoms with Crippen molar-refractivity contribution in [2.45, 2.75) is 26.8 Å². The molecule has 1 amide bonds. The molecule has 7 nitrogen and oxygen atoms in total. The lowest BCUT2D eigenvalue weighted by Gasteiger charge is -2.22. The number of H-pyrrole nitrogens is 1. The molecule has 0 bridgehead atoms. The highest BCUT2D eigenvalue weighted by Gasteiger charge is 2.17. The topological polar surface area (TPSA) is 95.5 Å². The largest absolute Gasteiger partial charge is 0.496 e. The fraction of sp³-hybridized carbons (Fsp3) is 0.261. The third-order valence-electron chi connectivity index (χ3n) is 5.03. The Labute approximate surface area is 175 Å². The molecule has 0 aliphatic rings. The number of methoxy groups -OCH3 is 1. The Bertz CT molecular complexity index is 1040. The minimum absolute atomic E-state index is 0.0104. The Hall–Kier alpha value is -3.61. The second kappa shape index (κ2) is 9.26. The van der Waals surface area contributed by atoms with E-state index in [2.05, 4.69) is 10.2 Å². The van der Waals surface area contributed by atoms with E-state index in [1.54, 1.807) is 37.3 Å². The summed E-state index contributed by atoms with van der Waals surface area (Å²) in [5.74, 6) is -0.258. The van der Waals surface area contributed by atoms with Crippen LogP contribution in [0.5, 0.6) is 5.75 Å². The molecule has 156 valence electrons. The van der Waals surface area contributed by atoms with E-state index < -0.39 is 5.97 Å². The molecule has 2 aromatic carbocycles. The Balaban J connectivity index is 2.15. The minimum atomic E-state index is -0.893. The highest BCUT2D eigenvalue weighted by molar-refractivity contribution is 5.80. The van der Waals surface area contributed by atoms with Gasteiger partial charge in [0, 0.05) is 37.3 Å². The summed E-state index contributed by atoms with van der Waals surface area (Å²) >= 11 is 0. The van der Waals surface area contributed by atoms with Crippen LogP contribution >= 0.6 is 0 Å². The number of ether oxygens (including phenoxy) is 1. The molecule has 0 saturated carbocycles. The summed E-state index contributed by atoms with van der Waals surface area (Å²) in [4.78, 5) is 25.0. The predicted octanol–water partition coefficient (Wildman–Crippen LogP) is 3.75. The lowest BCUT2D eigenvalue weighted by Crippen LogP contribution is -2.28. The van der Waals surface area contributed by atoms with E-state index in [4.69, 9.17) is 4.74 Å². The summed E-state index contributed by atoms with van der Waals surface area (Å²) < 4.78 is 5.55. The Morgan fingerprint density at radius 3 is 2.53 bits per heavy atom. The number of amides is 1. The smallest absolute Gasteiger partial charge is 0.307 e. The van der Waals surface area contributed by atoms with Gasteiger partial charge in [0.1, 0.15) is 5.75 Å². The summed E-state index contributed by atoms with van der Waals surface area (Å²) in [6.45, 7) is 4.51. The molecule has 1 aromatic heterocycles. The molecule has 0 radical (unpaired) electrons. The van der Waals surface area contributed by atoms with E-state index in [-0.39, 0.29) is 12.3 Å². The highest BCUT2D eigenvalue weighted by Crippen LogP contribution is 2.36. The molecule has 0 unspecified atom stereocenters. The van der Waals surface area contributed by atoms with Crippen molar-refractivity contribution in [3.8, 4) is 28.0 Å². The van der Waals surface area contributed by atoms with Crippen LogP contribution in [0.2, 0.25) is 0 Å². The van der Waals surface area contributed by atoms with E-state index in [1.807, 2.05) is 37.4 Å². The van der Waals surface area contributed by atoms with Crippen LogP contribution in [0.25, 0.3) is 22.3 Å². The summed E-state index contributed by atoms with van der Waals surface area (Å²) in [6.07, 6.45) is 3.48. The molecule has 0 saturated heterocycles. The molecular formula is C23H25N3O4. The first-order chi connectivity index (χ1) is 14.4. The summed E-state index contributed by atoms with van der Waals surface area (Å²) in [5, 5.41) is 16.0. The first-order valence-corrected chi connectivity index (χ1v) is 9.69. The van der Waals surface area contributed by atoms with Crippen LogP contribution in [0.15, 0.2) is 48.8 Å². The van der Waals surface area contributed by atoms with Gasteiger partial charge in [-0.25, -0.2) is 0 Å². The van der Waals surface area contributed by atoms with Crippen molar-refractivity contribution in [3.05, 3.63) is 59.9 Å². The maximum Gasteiger partial charge on any atom is 0.307 e. The van der Waals surface area contributed by atoms with E-state index in [0.717, 1.165) is 27.8 Å². The zero-order chi connectivity index (χ0) is 21.7. The number of carboxylic acid groups (broad SMARTS) is 1. The number of carbonyl (C=O) groups excluding carboxylic acids is 1. The van der Waals surface area contributed by atoms with E-state index in [9.17, 15) is 14.7 Å². The third-order valence-corrected chi connectivity index (χ3v) is 5.03. The number of carbonyl (C=O) groups is 2.